The molecule has 0 aliphatic rings. The highest BCUT2D eigenvalue weighted by Gasteiger charge is 2.18. The third-order valence-electron chi connectivity index (χ3n) is 5.10. The topological polar surface area (TPSA) is 102 Å². The standard InChI is InChI=1S/C24H26N2O5/c1-4-17(24(28)29)12-16-10-11-21(30-3)20(13-16)25-22(27)14-19-15(2)31-23(26-19)18-8-6-5-7-9-18/h5-11,13,17H,4,12,14H2,1-3H3,(H,25,27)(H,28,29). The second-order valence-corrected chi connectivity index (χ2v) is 7.30. The molecule has 7 heteroatoms. The van der Waals surface area contributed by atoms with Gasteiger partial charge in [-0.05, 0) is 49.6 Å². The van der Waals surface area contributed by atoms with Gasteiger partial charge < -0.3 is 19.6 Å². The minimum Gasteiger partial charge on any atom is -0.495 e. The molecule has 3 rings (SSSR count). The highest BCUT2D eigenvalue weighted by molar-refractivity contribution is 5.93. The zero-order chi connectivity index (χ0) is 22.4. The van der Waals surface area contributed by atoms with Gasteiger partial charge in [-0.3, -0.25) is 9.59 Å². The summed E-state index contributed by atoms with van der Waals surface area (Å²) in [5.74, 6) is -0.0217. The summed E-state index contributed by atoms with van der Waals surface area (Å²) in [5.41, 5.74) is 2.71. The molecule has 2 aromatic carbocycles. The minimum absolute atomic E-state index is 0.0439. The first-order valence-corrected chi connectivity index (χ1v) is 10.1. The van der Waals surface area contributed by atoms with Crippen molar-refractivity contribution < 1.29 is 23.8 Å². The number of methoxy groups -OCH3 is 1. The molecular weight excluding hydrogens is 396 g/mol. The minimum atomic E-state index is -0.834. The predicted octanol–water partition coefficient (Wildman–Crippen LogP) is 4.49. The Hall–Kier alpha value is -3.61. The number of carbonyl (C=O) groups is 2. The predicted molar refractivity (Wildman–Crippen MR) is 117 cm³/mol. The van der Waals surface area contributed by atoms with Crippen LogP contribution in [0.4, 0.5) is 5.69 Å². The van der Waals surface area contributed by atoms with Gasteiger partial charge in [-0.2, -0.15) is 0 Å². The highest BCUT2D eigenvalue weighted by atomic mass is 16.5. The van der Waals surface area contributed by atoms with Crippen molar-refractivity contribution in [3.8, 4) is 17.2 Å². The highest BCUT2D eigenvalue weighted by Crippen LogP contribution is 2.28. The normalized spacial score (nSPS) is 11.7. The number of benzene rings is 2. The first kappa shape index (κ1) is 22.1. The molecule has 0 spiro atoms. The van der Waals surface area contributed by atoms with Gasteiger partial charge in [-0.1, -0.05) is 31.2 Å². The zero-order valence-corrected chi connectivity index (χ0v) is 17.8. The average molecular weight is 422 g/mol. The second-order valence-electron chi connectivity index (χ2n) is 7.30. The maximum absolute atomic E-state index is 12.7. The van der Waals surface area contributed by atoms with Crippen LogP contribution in [-0.4, -0.2) is 29.1 Å². The summed E-state index contributed by atoms with van der Waals surface area (Å²) >= 11 is 0. The van der Waals surface area contributed by atoms with Crippen molar-refractivity contribution in [2.45, 2.75) is 33.1 Å². The van der Waals surface area contributed by atoms with E-state index in [0.29, 0.717) is 41.6 Å². The number of amides is 1. The Kier molecular flexibility index (Phi) is 7.07. The summed E-state index contributed by atoms with van der Waals surface area (Å²) < 4.78 is 11.1. The van der Waals surface area contributed by atoms with Gasteiger partial charge in [0, 0.05) is 5.56 Å². The van der Waals surface area contributed by atoms with Gasteiger partial charge in [-0.25, -0.2) is 4.98 Å². The lowest BCUT2D eigenvalue weighted by molar-refractivity contribution is -0.141. The number of hydrogen-bond acceptors (Lipinski definition) is 5. The van der Waals surface area contributed by atoms with Crippen LogP contribution in [0.1, 0.15) is 30.4 Å². The maximum Gasteiger partial charge on any atom is 0.306 e. The molecule has 0 aliphatic carbocycles. The molecule has 1 unspecified atom stereocenters. The molecule has 3 aromatic rings. The van der Waals surface area contributed by atoms with E-state index >= 15 is 0 Å². The van der Waals surface area contributed by atoms with Gasteiger partial charge in [0.15, 0.2) is 0 Å². The van der Waals surface area contributed by atoms with Gasteiger partial charge in [0.25, 0.3) is 0 Å². The van der Waals surface area contributed by atoms with Crippen molar-refractivity contribution in [2.24, 2.45) is 5.92 Å². The van der Waals surface area contributed by atoms with Crippen molar-refractivity contribution in [1.82, 2.24) is 4.98 Å². The molecule has 1 heterocycles. The largest absolute Gasteiger partial charge is 0.495 e. The van der Waals surface area contributed by atoms with E-state index in [9.17, 15) is 14.7 Å². The quantitative estimate of drug-likeness (QED) is 0.527. The van der Waals surface area contributed by atoms with Gasteiger partial charge in [0.2, 0.25) is 11.8 Å². The molecule has 7 nitrogen and oxygen atoms in total. The van der Waals surface area contributed by atoms with E-state index in [2.05, 4.69) is 10.3 Å². The lowest BCUT2D eigenvalue weighted by Crippen LogP contribution is -2.17. The number of nitrogens with one attached hydrogen (secondary N) is 1. The smallest absolute Gasteiger partial charge is 0.306 e. The molecular formula is C24H26N2O5. The number of carboxylic acids is 1. The van der Waals surface area contributed by atoms with Crippen molar-refractivity contribution >= 4 is 17.6 Å². The third kappa shape index (κ3) is 5.51. The summed E-state index contributed by atoms with van der Waals surface area (Å²) in [6.45, 7) is 3.62. The molecule has 0 bridgehead atoms. The first-order chi connectivity index (χ1) is 14.9. The van der Waals surface area contributed by atoms with Gasteiger partial charge >= 0.3 is 5.97 Å². The number of anilines is 1. The number of nitrogens with zero attached hydrogens (tertiary/aromatic N) is 1. The fourth-order valence-corrected chi connectivity index (χ4v) is 3.31. The Balaban J connectivity index is 1.75. The van der Waals surface area contributed by atoms with E-state index in [1.165, 1.54) is 7.11 Å². The molecule has 0 saturated carbocycles. The summed E-state index contributed by atoms with van der Waals surface area (Å²) in [6, 6.07) is 14.8. The Morgan fingerprint density at radius 1 is 1.19 bits per heavy atom. The number of oxazole rings is 1. The van der Waals surface area contributed by atoms with E-state index in [1.54, 1.807) is 19.1 Å². The molecule has 31 heavy (non-hydrogen) atoms. The van der Waals surface area contributed by atoms with Crippen LogP contribution in [0.25, 0.3) is 11.5 Å². The van der Waals surface area contributed by atoms with Crippen LogP contribution in [-0.2, 0) is 22.4 Å². The maximum atomic E-state index is 12.7. The zero-order valence-electron chi connectivity index (χ0n) is 17.8. The first-order valence-electron chi connectivity index (χ1n) is 10.1. The molecule has 2 N–H and O–H groups in total. The summed E-state index contributed by atoms with van der Waals surface area (Å²) in [7, 11) is 1.52. The third-order valence-corrected chi connectivity index (χ3v) is 5.10. The monoisotopic (exact) mass is 422 g/mol. The second kappa shape index (κ2) is 9.93. The van der Waals surface area contributed by atoms with Gasteiger partial charge in [0.05, 0.1) is 30.8 Å². The molecule has 1 atom stereocenters. The Morgan fingerprint density at radius 3 is 2.58 bits per heavy atom. The van der Waals surface area contributed by atoms with Crippen molar-refractivity contribution in [1.29, 1.82) is 0 Å². The van der Waals surface area contributed by atoms with Crippen LogP contribution in [0, 0.1) is 12.8 Å². The lowest BCUT2D eigenvalue weighted by Gasteiger charge is -2.14. The fraction of sp³-hybridized carbons (Fsp3) is 0.292. The number of aliphatic carboxylic acids is 1. The Bertz CT molecular complexity index is 1060. The summed E-state index contributed by atoms with van der Waals surface area (Å²) in [4.78, 5) is 28.5. The molecule has 0 aliphatic heterocycles. The number of rotatable bonds is 9. The van der Waals surface area contributed by atoms with Crippen LogP contribution >= 0.6 is 0 Å². The van der Waals surface area contributed by atoms with Crippen molar-refractivity contribution in [3.63, 3.8) is 0 Å². The van der Waals surface area contributed by atoms with E-state index in [4.69, 9.17) is 9.15 Å². The number of aryl methyl sites for hydroxylation is 1. The number of carboxylic acid groups (broad SMARTS) is 1. The number of ether oxygens (including phenoxy) is 1. The molecule has 0 radical (unpaired) electrons. The summed E-state index contributed by atoms with van der Waals surface area (Å²) in [6.07, 6.45) is 0.946. The van der Waals surface area contributed by atoms with E-state index in [-0.39, 0.29) is 12.3 Å². The Labute approximate surface area is 181 Å². The van der Waals surface area contributed by atoms with E-state index < -0.39 is 11.9 Å². The fourth-order valence-electron chi connectivity index (χ4n) is 3.31. The van der Waals surface area contributed by atoms with Gasteiger partial charge in [-0.15, -0.1) is 0 Å². The molecule has 1 amide bonds. The summed E-state index contributed by atoms with van der Waals surface area (Å²) in [5, 5.41) is 12.2. The van der Waals surface area contributed by atoms with Crippen LogP contribution in [0.3, 0.4) is 0 Å². The average Bonchev–Trinajstić information content (AvgIpc) is 3.12. The number of carbonyl (C=O) groups excluding carboxylic acids is 1. The molecule has 1 aromatic heterocycles. The van der Waals surface area contributed by atoms with Crippen LogP contribution in [0.5, 0.6) is 5.75 Å². The van der Waals surface area contributed by atoms with Crippen molar-refractivity contribution in [3.05, 3.63) is 65.5 Å². The van der Waals surface area contributed by atoms with Crippen molar-refractivity contribution in [2.75, 3.05) is 12.4 Å². The van der Waals surface area contributed by atoms with Crippen LogP contribution < -0.4 is 10.1 Å². The Morgan fingerprint density at radius 2 is 1.94 bits per heavy atom. The van der Waals surface area contributed by atoms with Gasteiger partial charge in [0.1, 0.15) is 11.5 Å². The molecule has 0 saturated heterocycles. The molecule has 0 fully saturated rings. The SMILES string of the molecule is CCC(Cc1ccc(OC)c(NC(=O)Cc2nc(-c3ccccc3)oc2C)c1)C(=O)O. The van der Waals surface area contributed by atoms with Crippen LogP contribution in [0.15, 0.2) is 52.9 Å². The number of aromatic nitrogens is 1. The molecule has 162 valence electrons. The van der Waals surface area contributed by atoms with E-state index in [1.807, 2.05) is 43.3 Å². The number of hydrogen-bond donors (Lipinski definition) is 2. The van der Waals surface area contributed by atoms with E-state index in [0.717, 1.165) is 11.1 Å². The lowest BCUT2D eigenvalue weighted by atomic mass is 9.96. The van der Waals surface area contributed by atoms with Crippen LogP contribution in [0.2, 0.25) is 0 Å².